The van der Waals surface area contributed by atoms with Crippen LogP contribution in [-0.4, -0.2) is 18.6 Å². The Morgan fingerprint density at radius 2 is 1.95 bits per heavy atom. The Morgan fingerprint density at radius 3 is 2.90 bits per heavy atom. The fourth-order valence-corrected chi connectivity index (χ4v) is 3.40. The number of nitrogens with one attached hydrogen (secondary N) is 2. The van der Waals surface area contributed by atoms with Crippen LogP contribution in [0, 0.1) is 0 Å². The van der Waals surface area contributed by atoms with Gasteiger partial charge in [-0.25, -0.2) is 0 Å². The molecule has 0 spiro atoms. The molecule has 0 bridgehead atoms. The SMILES string of the molecule is CC(CC1CCCCCN1)Nc1cccc2ccccc12. The molecular formula is C19H26N2. The van der Waals surface area contributed by atoms with Crippen molar-refractivity contribution in [1.82, 2.24) is 5.32 Å². The molecule has 1 heterocycles. The molecule has 2 aromatic carbocycles. The Hall–Kier alpha value is -1.54. The summed E-state index contributed by atoms with van der Waals surface area (Å²) in [5.41, 5.74) is 1.26. The molecule has 112 valence electrons. The molecule has 1 fully saturated rings. The Bertz CT molecular complexity index is 565. The summed E-state index contributed by atoms with van der Waals surface area (Å²) in [6, 6.07) is 16.3. The average Bonchev–Trinajstić information content (AvgIpc) is 2.76. The van der Waals surface area contributed by atoms with Crippen molar-refractivity contribution in [3.63, 3.8) is 0 Å². The van der Waals surface area contributed by atoms with Gasteiger partial charge in [-0.1, -0.05) is 49.2 Å². The molecule has 2 N–H and O–H groups in total. The zero-order valence-electron chi connectivity index (χ0n) is 12.9. The van der Waals surface area contributed by atoms with Gasteiger partial charge in [0, 0.05) is 23.2 Å². The van der Waals surface area contributed by atoms with Crippen LogP contribution in [0.2, 0.25) is 0 Å². The fraction of sp³-hybridized carbons (Fsp3) is 0.474. The molecule has 3 rings (SSSR count). The Kier molecular flexibility index (Phi) is 4.76. The first-order valence-electron chi connectivity index (χ1n) is 8.30. The average molecular weight is 282 g/mol. The lowest BCUT2D eigenvalue weighted by Gasteiger charge is -2.23. The molecule has 0 aromatic heterocycles. The molecule has 1 saturated heterocycles. The van der Waals surface area contributed by atoms with E-state index in [1.165, 1.54) is 55.1 Å². The van der Waals surface area contributed by atoms with Crippen LogP contribution in [0.1, 0.15) is 39.0 Å². The van der Waals surface area contributed by atoms with Crippen molar-refractivity contribution in [3.8, 4) is 0 Å². The number of rotatable bonds is 4. The van der Waals surface area contributed by atoms with Crippen LogP contribution in [0.5, 0.6) is 0 Å². The first-order valence-corrected chi connectivity index (χ1v) is 8.30. The molecule has 21 heavy (non-hydrogen) atoms. The van der Waals surface area contributed by atoms with Gasteiger partial charge in [0.05, 0.1) is 0 Å². The lowest BCUT2D eigenvalue weighted by atomic mass is 10.0. The molecule has 1 aliphatic rings. The van der Waals surface area contributed by atoms with Gasteiger partial charge >= 0.3 is 0 Å². The maximum absolute atomic E-state index is 3.71. The monoisotopic (exact) mass is 282 g/mol. The molecule has 2 atom stereocenters. The van der Waals surface area contributed by atoms with Crippen LogP contribution in [0.4, 0.5) is 5.69 Å². The van der Waals surface area contributed by atoms with Crippen LogP contribution in [0.25, 0.3) is 10.8 Å². The Labute approximate surface area is 127 Å². The summed E-state index contributed by atoms with van der Waals surface area (Å²) in [7, 11) is 0. The van der Waals surface area contributed by atoms with Gasteiger partial charge in [-0.15, -0.1) is 0 Å². The Balaban J connectivity index is 1.67. The topological polar surface area (TPSA) is 24.1 Å². The second-order valence-corrected chi connectivity index (χ2v) is 6.31. The summed E-state index contributed by atoms with van der Waals surface area (Å²) >= 11 is 0. The second-order valence-electron chi connectivity index (χ2n) is 6.31. The van der Waals surface area contributed by atoms with Crippen molar-refractivity contribution < 1.29 is 0 Å². The second kappa shape index (κ2) is 6.95. The van der Waals surface area contributed by atoms with Crippen molar-refractivity contribution in [2.45, 2.75) is 51.1 Å². The highest BCUT2D eigenvalue weighted by Gasteiger charge is 2.15. The highest BCUT2D eigenvalue weighted by molar-refractivity contribution is 5.93. The summed E-state index contributed by atoms with van der Waals surface area (Å²) in [4.78, 5) is 0. The molecule has 0 aliphatic carbocycles. The normalized spacial score (nSPS) is 20.9. The third-order valence-corrected chi connectivity index (χ3v) is 4.49. The lowest BCUT2D eigenvalue weighted by molar-refractivity contribution is 0.456. The van der Waals surface area contributed by atoms with E-state index in [2.05, 4.69) is 60.0 Å². The third-order valence-electron chi connectivity index (χ3n) is 4.49. The van der Waals surface area contributed by atoms with E-state index in [-0.39, 0.29) is 0 Å². The summed E-state index contributed by atoms with van der Waals surface area (Å²) in [5, 5.41) is 10.0. The van der Waals surface area contributed by atoms with Crippen molar-refractivity contribution >= 4 is 16.5 Å². The first-order chi connectivity index (χ1) is 10.3. The zero-order chi connectivity index (χ0) is 14.5. The van der Waals surface area contributed by atoms with Crippen molar-refractivity contribution in [2.24, 2.45) is 0 Å². The van der Waals surface area contributed by atoms with Gasteiger partial charge in [0.15, 0.2) is 0 Å². The minimum Gasteiger partial charge on any atom is -0.382 e. The fourth-order valence-electron chi connectivity index (χ4n) is 3.40. The van der Waals surface area contributed by atoms with E-state index in [0.717, 1.165) is 0 Å². The largest absolute Gasteiger partial charge is 0.382 e. The lowest BCUT2D eigenvalue weighted by Crippen LogP contribution is -2.33. The maximum atomic E-state index is 3.71. The summed E-state index contributed by atoms with van der Waals surface area (Å²) in [6.45, 7) is 3.49. The molecular weight excluding hydrogens is 256 g/mol. The Morgan fingerprint density at radius 1 is 1.10 bits per heavy atom. The smallest absolute Gasteiger partial charge is 0.0421 e. The molecule has 2 aromatic rings. The highest BCUT2D eigenvalue weighted by Crippen LogP contribution is 2.24. The van der Waals surface area contributed by atoms with Gasteiger partial charge in [-0.2, -0.15) is 0 Å². The molecule has 2 unspecified atom stereocenters. The predicted molar refractivity (Wildman–Crippen MR) is 91.9 cm³/mol. The number of fused-ring (bicyclic) bond motifs is 1. The van der Waals surface area contributed by atoms with E-state index in [1.54, 1.807) is 0 Å². The van der Waals surface area contributed by atoms with Gasteiger partial charge < -0.3 is 10.6 Å². The molecule has 2 nitrogen and oxygen atoms in total. The molecule has 2 heteroatoms. The van der Waals surface area contributed by atoms with Gasteiger partial charge in [0.25, 0.3) is 0 Å². The zero-order valence-corrected chi connectivity index (χ0v) is 12.9. The molecule has 0 radical (unpaired) electrons. The quantitative estimate of drug-likeness (QED) is 0.859. The van der Waals surface area contributed by atoms with Crippen LogP contribution in [0.3, 0.4) is 0 Å². The van der Waals surface area contributed by atoms with Crippen molar-refractivity contribution in [3.05, 3.63) is 42.5 Å². The minimum atomic E-state index is 0.492. The number of anilines is 1. The number of hydrogen-bond donors (Lipinski definition) is 2. The van der Waals surface area contributed by atoms with Gasteiger partial charge in [-0.05, 0) is 44.2 Å². The van der Waals surface area contributed by atoms with Gasteiger partial charge in [-0.3, -0.25) is 0 Å². The standard InChI is InChI=1S/C19H26N2/c1-15(14-17-10-3-2-6-13-20-17)21-19-12-7-9-16-8-4-5-11-18(16)19/h4-5,7-9,11-12,15,17,20-21H,2-3,6,10,13-14H2,1H3. The third kappa shape index (κ3) is 3.76. The van der Waals surface area contributed by atoms with E-state index in [0.29, 0.717) is 12.1 Å². The number of hydrogen-bond acceptors (Lipinski definition) is 2. The first kappa shape index (κ1) is 14.4. The van der Waals surface area contributed by atoms with Crippen LogP contribution >= 0.6 is 0 Å². The van der Waals surface area contributed by atoms with Crippen molar-refractivity contribution in [1.29, 1.82) is 0 Å². The summed E-state index contributed by atoms with van der Waals surface area (Å²) in [5.74, 6) is 0. The van der Waals surface area contributed by atoms with E-state index in [1.807, 2.05) is 0 Å². The van der Waals surface area contributed by atoms with E-state index in [9.17, 15) is 0 Å². The highest BCUT2D eigenvalue weighted by atomic mass is 15.0. The van der Waals surface area contributed by atoms with E-state index >= 15 is 0 Å². The minimum absolute atomic E-state index is 0.492. The predicted octanol–water partition coefficient (Wildman–Crippen LogP) is 4.56. The maximum Gasteiger partial charge on any atom is 0.0421 e. The van der Waals surface area contributed by atoms with Gasteiger partial charge in [0.1, 0.15) is 0 Å². The molecule has 0 saturated carbocycles. The summed E-state index contributed by atoms with van der Waals surface area (Å²) < 4.78 is 0. The van der Waals surface area contributed by atoms with Gasteiger partial charge in [0.2, 0.25) is 0 Å². The van der Waals surface area contributed by atoms with Crippen LogP contribution in [-0.2, 0) is 0 Å². The van der Waals surface area contributed by atoms with E-state index in [4.69, 9.17) is 0 Å². The van der Waals surface area contributed by atoms with Crippen LogP contribution < -0.4 is 10.6 Å². The summed E-state index contributed by atoms with van der Waals surface area (Å²) in [6.07, 6.45) is 6.61. The van der Waals surface area contributed by atoms with Crippen LogP contribution in [0.15, 0.2) is 42.5 Å². The molecule has 0 amide bonds. The molecule has 1 aliphatic heterocycles. The van der Waals surface area contributed by atoms with Crippen molar-refractivity contribution in [2.75, 3.05) is 11.9 Å². The van der Waals surface area contributed by atoms with E-state index < -0.39 is 0 Å². The number of benzene rings is 2.